The molecule has 4 rings (SSSR count). The van der Waals surface area contributed by atoms with E-state index in [1.807, 2.05) is 23.1 Å². The van der Waals surface area contributed by atoms with Crippen molar-refractivity contribution in [2.75, 3.05) is 64.4 Å². The molecular formula is C23H31N5O2S. The number of hydrogen-bond acceptors (Lipinski definition) is 7. The van der Waals surface area contributed by atoms with Gasteiger partial charge in [-0.25, -0.2) is 9.97 Å². The van der Waals surface area contributed by atoms with Gasteiger partial charge in [-0.05, 0) is 31.2 Å². The van der Waals surface area contributed by atoms with Crippen LogP contribution in [0.5, 0.6) is 0 Å². The van der Waals surface area contributed by atoms with Crippen molar-refractivity contribution in [3.05, 3.63) is 47.2 Å². The van der Waals surface area contributed by atoms with E-state index in [0.717, 1.165) is 66.1 Å². The second-order valence-electron chi connectivity index (χ2n) is 8.04. The average Bonchev–Trinajstić information content (AvgIpc) is 2.83. The summed E-state index contributed by atoms with van der Waals surface area (Å²) in [5.74, 6) is 1.84. The highest BCUT2D eigenvalue weighted by Gasteiger charge is 2.19. The molecule has 0 unspecified atom stereocenters. The third kappa shape index (κ3) is 5.75. The van der Waals surface area contributed by atoms with Gasteiger partial charge in [0.1, 0.15) is 5.82 Å². The van der Waals surface area contributed by atoms with Gasteiger partial charge in [0.2, 0.25) is 0 Å². The molecule has 1 aromatic heterocycles. The molecule has 2 aromatic rings. The van der Waals surface area contributed by atoms with Crippen LogP contribution in [0.15, 0.2) is 35.5 Å². The number of aryl methyl sites for hydroxylation is 1. The third-order valence-electron chi connectivity index (χ3n) is 5.77. The van der Waals surface area contributed by atoms with E-state index in [4.69, 9.17) is 14.7 Å². The highest BCUT2D eigenvalue weighted by atomic mass is 32.2. The fourth-order valence-corrected chi connectivity index (χ4v) is 4.61. The Hall–Kier alpha value is -2.16. The minimum absolute atomic E-state index is 0.0803. The van der Waals surface area contributed by atoms with E-state index < -0.39 is 0 Å². The summed E-state index contributed by atoms with van der Waals surface area (Å²) < 4.78 is 5.36. The monoisotopic (exact) mass is 441 g/mol. The number of amides is 1. The first-order valence-electron chi connectivity index (χ1n) is 11.0. The van der Waals surface area contributed by atoms with Crippen molar-refractivity contribution in [3.8, 4) is 0 Å². The van der Waals surface area contributed by atoms with Crippen LogP contribution in [0.1, 0.15) is 28.5 Å². The number of piperazine rings is 1. The van der Waals surface area contributed by atoms with Crippen molar-refractivity contribution < 1.29 is 9.53 Å². The van der Waals surface area contributed by atoms with E-state index in [-0.39, 0.29) is 5.91 Å². The van der Waals surface area contributed by atoms with E-state index in [1.54, 1.807) is 11.8 Å². The van der Waals surface area contributed by atoms with Gasteiger partial charge in [0.15, 0.2) is 5.16 Å². The number of ether oxygens (including phenoxy) is 1. The van der Waals surface area contributed by atoms with Gasteiger partial charge in [0.25, 0.3) is 5.91 Å². The number of carbonyl (C=O) groups excluding carboxylic acids is 1. The van der Waals surface area contributed by atoms with E-state index in [0.29, 0.717) is 26.3 Å². The molecule has 2 aliphatic rings. The number of likely N-dealkylation sites (N-methyl/N-ethyl adjacent to an activating group) is 1. The molecule has 8 heteroatoms. The number of thioether (sulfide) groups is 1. The van der Waals surface area contributed by atoms with Gasteiger partial charge < -0.3 is 19.4 Å². The molecule has 0 spiro atoms. The largest absolute Gasteiger partial charge is 0.378 e. The Morgan fingerprint density at radius 2 is 1.84 bits per heavy atom. The predicted molar refractivity (Wildman–Crippen MR) is 124 cm³/mol. The molecule has 0 N–H and O–H groups in total. The van der Waals surface area contributed by atoms with Crippen LogP contribution in [0.25, 0.3) is 0 Å². The zero-order valence-corrected chi connectivity index (χ0v) is 19.2. The molecule has 3 heterocycles. The highest BCUT2D eigenvalue weighted by molar-refractivity contribution is 7.98. The fraction of sp³-hybridized carbons (Fsp3) is 0.522. The Labute approximate surface area is 188 Å². The van der Waals surface area contributed by atoms with Crippen LogP contribution < -0.4 is 4.90 Å². The standard InChI is InChI=1S/C23H31N5O2S/c1-3-20-16-21(27-9-7-26(2)8-10-27)25-23(24-20)31-17-18-5-4-6-19(15-18)22(29)28-11-13-30-14-12-28/h4-6,15-16H,3,7-14,17H2,1-2H3. The SMILES string of the molecule is CCc1cc(N2CCN(C)CC2)nc(SCc2cccc(C(=O)N3CCOCC3)c2)n1. The van der Waals surface area contributed by atoms with Crippen LogP contribution in [0.2, 0.25) is 0 Å². The van der Waals surface area contributed by atoms with Gasteiger partial charge in [-0.1, -0.05) is 30.8 Å². The number of morpholine rings is 1. The smallest absolute Gasteiger partial charge is 0.254 e. The first-order valence-corrected chi connectivity index (χ1v) is 12.0. The van der Waals surface area contributed by atoms with Gasteiger partial charge in [-0.2, -0.15) is 0 Å². The lowest BCUT2D eigenvalue weighted by Gasteiger charge is -2.33. The highest BCUT2D eigenvalue weighted by Crippen LogP contribution is 2.24. The topological polar surface area (TPSA) is 61.8 Å². The van der Waals surface area contributed by atoms with E-state index in [9.17, 15) is 4.79 Å². The predicted octanol–water partition coefficient (Wildman–Crippen LogP) is 2.56. The van der Waals surface area contributed by atoms with Gasteiger partial charge in [0.05, 0.1) is 13.2 Å². The summed E-state index contributed by atoms with van der Waals surface area (Å²) in [7, 11) is 2.16. The summed E-state index contributed by atoms with van der Waals surface area (Å²) in [6, 6.07) is 10.0. The summed E-state index contributed by atoms with van der Waals surface area (Å²) >= 11 is 1.63. The van der Waals surface area contributed by atoms with Gasteiger partial charge in [-0.3, -0.25) is 4.79 Å². The van der Waals surface area contributed by atoms with Crippen LogP contribution in [0.4, 0.5) is 5.82 Å². The molecule has 1 aromatic carbocycles. The van der Waals surface area contributed by atoms with E-state index in [2.05, 4.69) is 35.9 Å². The summed E-state index contributed by atoms with van der Waals surface area (Å²) in [4.78, 5) is 28.9. The maximum Gasteiger partial charge on any atom is 0.254 e. The number of nitrogens with zero attached hydrogens (tertiary/aromatic N) is 5. The molecule has 7 nitrogen and oxygen atoms in total. The molecule has 0 aliphatic carbocycles. The average molecular weight is 442 g/mol. The Morgan fingerprint density at radius 3 is 2.58 bits per heavy atom. The normalized spacial score (nSPS) is 17.7. The number of benzene rings is 1. The minimum atomic E-state index is 0.0803. The lowest BCUT2D eigenvalue weighted by Crippen LogP contribution is -2.44. The molecule has 31 heavy (non-hydrogen) atoms. The Bertz CT molecular complexity index is 895. The Balaban J connectivity index is 1.44. The van der Waals surface area contributed by atoms with Crippen molar-refractivity contribution >= 4 is 23.5 Å². The molecule has 2 aliphatic heterocycles. The lowest BCUT2D eigenvalue weighted by molar-refractivity contribution is 0.0303. The van der Waals surface area contributed by atoms with Crippen molar-refractivity contribution in [1.82, 2.24) is 19.8 Å². The minimum Gasteiger partial charge on any atom is -0.378 e. The molecule has 1 amide bonds. The molecule has 0 saturated carbocycles. The molecule has 0 bridgehead atoms. The molecule has 2 saturated heterocycles. The molecule has 166 valence electrons. The molecule has 0 atom stereocenters. The summed E-state index contributed by atoms with van der Waals surface area (Å²) in [5, 5.41) is 0.804. The van der Waals surface area contributed by atoms with Crippen molar-refractivity contribution in [3.63, 3.8) is 0 Å². The third-order valence-corrected chi connectivity index (χ3v) is 6.69. The molecular weight excluding hydrogens is 410 g/mol. The maximum atomic E-state index is 12.8. The number of aromatic nitrogens is 2. The van der Waals surface area contributed by atoms with Gasteiger partial charge in [-0.15, -0.1) is 0 Å². The maximum absolute atomic E-state index is 12.8. The number of hydrogen-bond donors (Lipinski definition) is 0. The lowest BCUT2D eigenvalue weighted by atomic mass is 10.1. The van der Waals surface area contributed by atoms with E-state index in [1.165, 1.54) is 0 Å². The zero-order chi connectivity index (χ0) is 21.6. The van der Waals surface area contributed by atoms with Crippen LogP contribution in [0, 0.1) is 0 Å². The van der Waals surface area contributed by atoms with Crippen molar-refractivity contribution in [2.24, 2.45) is 0 Å². The van der Waals surface area contributed by atoms with E-state index >= 15 is 0 Å². The first-order chi connectivity index (χ1) is 15.1. The second-order valence-corrected chi connectivity index (χ2v) is 8.98. The Morgan fingerprint density at radius 1 is 1.06 bits per heavy atom. The van der Waals surface area contributed by atoms with Crippen LogP contribution in [0.3, 0.4) is 0 Å². The van der Waals surface area contributed by atoms with Crippen LogP contribution >= 0.6 is 11.8 Å². The number of rotatable bonds is 6. The summed E-state index contributed by atoms with van der Waals surface area (Å²) in [5.41, 5.74) is 2.92. The summed E-state index contributed by atoms with van der Waals surface area (Å²) in [6.07, 6.45) is 0.889. The van der Waals surface area contributed by atoms with Crippen molar-refractivity contribution in [2.45, 2.75) is 24.3 Å². The van der Waals surface area contributed by atoms with Gasteiger partial charge >= 0.3 is 0 Å². The molecule has 2 fully saturated rings. The number of anilines is 1. The first kappa shape index (κ1) is 22.0. The van der Waals surface area contributed by atoms with Crippen LogP contribution in [-0.2, 0) is 16.9 Å². The number of carbonyl (C=O) groups is 1. The quantitative estimate of drug-likeness (QED) is 0.504. The van der Waals surface area contributed by atoms with Crippen molar-refractivity contribution in [1.29, 1.82) is 0 Å². The van der Waals surface area contributed by atoms with Crippen LogP contribution in [-0.4, -0.2) is 85.2 Å². The second kappa shape index (κ2) is 10.4. The summed E-state index contributed by atoms with van der Waals surface area (Å²) in [6.45, 7) is 8.76. The zero-order valence-electron chi connectivity index (χ0n) is 18.4. The van der Waals surface area contributed by atoms with Gasteiger partial charge in [0, 0.05) is 62.3 Å². The Kier molecular flexibility index (Phi) is 7.42. The fourth-order valence-electron chi connectivity index (χ4n) is 3.79. The molecule has 0 radical (unpaired) electrons.